The van der Waals surface area contributed by atoms with Gasteiger partial charge in [-0.1, -0.05) is 23.4 Å². The van der Waals surface area contributed by atoms with Crippen LogP contribution in [0, 0.1) is 5.82 Å². The maximum atomic E-state index is 12.9. The van der Waals surface area contributed by atoms with Crippen LogP contribution in [0.5, 0.6) is 0 Å². The van der Waals surface area contributed by atoms with Crippen molar-refractivity contribution in [2.24, 2.45) is 0 Å². The Morgan fingerprint density at radius 1 is 1.25 bits per heavy atom. The van der Waals surface area contributed by atoms with Gasteiger partial charge >= 0.3 is 0 Å². The topological polar surface area (TPSA) is 55.1 Å². The summed E-state index contributed by atoms with van der Waals surface area (Å²) in [6.45, 7) is 1.39. The Labute approximate surface area is 125 Å². The van der Waals surface area contributed by atoms with Gasteiger partial charge in [0.2, 0.25) is 5.91 Å². The molecule has 0 aliphatic rings. The molecule has 2 aromatic rings. The highest BCUT2D eigenvalue weighted by molar-refractivity contribution is 7.99. The Kier molecular flexibility index (Phi) is 4.52. The summed E-state index contributed by atoms with van der Waals surface area (Å²) in [4.78, 5) is 12.8. The van der Waals surface area contributed by atoms with Crippen molar-refractivity contribution < 1.29 is 9.18 Å². The first-order valence-electron chi connectivity index (χ1n) is 5.76. The highest BCUT2D eigenvalue weighted by Crippen LogP contribution is 2.40. The van der Waals surface area contributed by atoms with Crippen molar-refractivity contribution in [3.05, 3.63) is 47.2 Å². The molecule has 0 unspecified atom stereocenters. The summed E-state index contributed by atoms with van der Waals surface area (Å²) in [6.07, 6.45) is 0. The average Bonchev–Trinajstić information content (AvgIpc) is 2.40. The molecule has 0 aliphatic carbocycles. The summed E-state index contributed by atoms with van der Waals surface area (Å²) in [7, 11) is 0. The summed E-state index contributed by atoms with van der Waals surface area (Å²) < 4.78 is 12.9. The molecule has 0 saturated carbocycles. The molecule has 0 bridgehead atoms. The number of hydrogen-bond acceptors (Lipinski definition) is 3. The van der Waals surface area contributed by atoms with Gasteiger partial charge in [0.15, 0.2) is 0 Å². The molecule has 2 aromatic carbocycles. The fraction of sp³-hybridized carbons (Fsp3) is 0.0714. The zero-order chi connectivity index (χ0) is 14.7. The van der Waals surface area contributed by atoms with E-state index in [0.29, 0.717) is 16.4 Å². The van der Waals surface area contributed by atoms with E-state index in [9.17, 15) is 9.18 Å². The maximum absolute atomic E-state index is 12.9. The van der Waals surface area contributed by atoms with E-state index in [1.165, 1.54) is 30.8 Å². The van der Waals surface area contributed by atoms with E-state index in [-0.39, 0.29) is 11.7 Å². The monoisotopic (exact) mass is 310 g/mol. The summed E-state index contributed by atoms with van der Waals surface area (Å²) in [6, 6.07) is 9.49. The molecule has 20 heavy (non-hydrogen) atoms. The Hall–Kier alpha value is -1.72. The van der Waals surface area contributed by atoms with Crippen molar-refractivity contribution in [1.29, 1.82) is 0 Å². The van der Waals surface area contributed by atoms with Crippen molar-refractivity contribution >= 4 is 40.6 Å². The van der Waals surface area contributed by atoms with Gasteiger partial charge in [-0.05, 0) is 36.4 Å². The van der Waals surface area contributed by atoms with Crippen LogP contribution in [0.1, 0.15) is 6.92 Å². The number of anilines is 2. The van der Waals surface area contributed by atoms with Crippen LogP contribution >= 0.6 is 23.4 Å². The fourth-order valence-corrected chi connectivity index (χ4v) is 2.77. The second-order valence-corrected chi connectivity index (χ2v) is 5.57. The first-order valence-corrected chi connectivity index (χ1v) is 6.96. The van der Waals surface area contributed by atoms with Gasteiger partial charge < -0.3 is 11.1 Å². The van der Waals surface area contributed by atoms with Crippen molar-refractivity contribution in [2.75, 3.05) is 11.1 Å². The molecule has 0 atom stereocenters. The normalized spacial score (nSPS) is 10.3. The van der Waals surface area contributed by atoms with Gasteiger partial charge in [0.1, 0.15) is 5.82 Å². The smallest absolute Gasteiger partial charge is 0.221 e. The molecule has 0 radical (unpaired) electrons. The standard InChI is InChI=1S/C14H12ClFN2OS/c1-8(19)18-14-12(7-6-11(17)13(14)15)20-10-4-2-9(16)3-5-10/h2-7H,17H2,1H3,(H,18,19). The van der Waals surface area contributed by atoms with Crippen LogP contribution in [0.2, 0.25) is 5.02 Å². The molecule has 0 aliphatic heterocycles. The van der Waals surface area contributed by atoms with E-state index in [2.05, 4.69) is 5.32 Å². The molecule has 3 N–H and O–H groups in total. The fourth-order valence-electron chi connectivity index (χ4n) is 1.58. The molecule has 2 rings (SSSR count). The third-order valence-corrected chi connectivity index (χ3v) is 3.95. The number of nitrogens with two attached hydrogens (primary N) is 1. The SMILES string of the molecule is CC(=O)Nc1c(Sc2ccc(F)cc2)ccc(N)c1Cl. The van der Waals surface area contributed by atoms with E-state index in [1.54, 1.807) is 24.3 Å². The minimum Gasteiger partial charge on any atom is -0.397 e. The van der Waals surface area contributed by atoms with E-state index >= 15 is 0 Å². The number of amides is 1. The molecular weight excluding hydrogens is 299 g/mol. The van der Waals surface area contributed by atoms with Crippen molar-refractivity contribution in [1.82, 2.24) is 0 Å². The lowest BCUT2D eigenvalue weighted by atomic mass is 10.2. The Bertz CT molecular complexity index is 646. The number of nitrogens with one attached hydrogen (secondary N) is 1. The van der Waals surface area contributed by atoms with Gasteiger partial charge in [-0.25, -0.2) is 4.39 Å². The number of nitrogen functional groups attached to an aromatic ring is 1. The number of benzene rings is 2. The Balaban J connectivity index is 2.37. The molecule has 0 fully saturated rings. The van der Waals surface area contributed by atoms with Crippen LogP contribution in [0.15, 0.2) is 46.2 Å². The van der Waals surface area contributed by atoms with Crippen molar-refractivity contribution in [2.45, 2.75) is 16.7 Å². The average molecular weight is 311 g/mol. The van der Waals surface area contributed by atoms with Crippen LogP contribution in [0.25, 0.3) is 0 Å². The van der Waals surface area contributed by atoms with Crippen LogP contribution < -0.4 is 11.1 Å². The zero-order valence-electron chi connectivity index (χ0n) is 10.6. The lowest BCUT2D eigenvalue weighted by Crippen LogP contribution is -2.08. The third-order valence-electron chi connectivity index (χ3n) is 2.48. The van der Waals surface area contributed by atoms with Gasteiger partial charge in [0.25, 0.3) is 0 Å². The number of hydrogen-bond donors (Lipinski definition) is 2. The number of carbonyl (C=O) groups excluding carboxylic acids is 1. The zero-order valence-corrected chi connectivity index (χ0v) is 12.2. The lowest BCUT2D eigenvalue weighted by molar-refractivity contribution is -0.114. The number of carbonyl (C=O) groups is 1. The summed E-state index contributed by atoms with van der Waals surface area (Å²) in [5.74, 6) is -0.537. The van der Waals surface area contributed by atoms with E-state index in [4.69, 9.17) is 17.3 Å². The summed E-state index contributed by atoms with van der Waals surface area (Å²) in [5, 5.41) is 2.97. The van der Waals surface area contributed by atoms with Gasteiger partial charge in [0, 0.05) is 16.7 Å². The van der Waals surface area contributed by atoms with Crippen LogP contribution in [-0.2, 0) is 4.79 Å². The number of rotatable bonds is 3. The minimum atomic E-state index is -0.299. The molecule has 104 valence electrons. The van der Waals surface area contributed by atoms with E-state index in [0.717, 1.165) is 9.79 Å². The summed E-state index contributed by atoms with van der Waals surface area (Å²) >= 11 is 7.49. The third kappa shape index (κ3) is 3.43. The minimum absolute atomic E-state index is 0.238. The van der Waals surface area contributed by atoms with Crippen molar-refractivity contribution in [3.8, 4) is 0 Å². The molecule has 6 heteroatoms. The maximum Gasteiger partial charge on any atom is 0.221 e. The van der Waals surface area contributed by atoms with Gasteiger partial charge in [-0.2, -0.15) is 0 Å². The Morgan fingerprint density at radius 3 is 2.50 bits per heavy atom. The largest absolute Gasteiger partial charge is 0.397 e. The first kappa shape index (κ1) is 14.7. The van der Waals surface area contributed by atoms with Crippen LogP contribution in [0.3, 0.4) is 0 Å². The number of halogens is 2. The summed E-state index contributed by atoms with van der Waals surface area (Å²) in [5.41, 5.74) is 6.59. The van der Waals surface area contributed by atoms with Gasteiger partial charge in [-0.15, -0.1) is 0 Å². The van der Waals surface area contributed by atoms with E-state index in [1.807, 2.05) is 0 Å². The highest BCUT2D eigenvalue weighted by atomic mass is 35.5. The highest BCUT2D eigenvalue weighted by Gasteiger charge is 2.12. The Morgan fingerprint density at radius 2 is 1.90 bits per heavy atom. The lowest BCUT2D eigenvalue weighted by Gasteiger charge is -2.13. The van der Waals surface area contributed by atoms with Gasteiger partial charge in [-0.3, -0.25) is 4.79 Å². The first-order chi connectivity index (χ1) is 9.47. The van der Waals surface area contributed by atoms with E-state index < -0.39 is 0 Å². The second kappa shape index (κ2) is 6.15. The molecule has 0 aromatic heterocycles. The van der Waals surface area contributed by atoms with Gasteiger partial charge in [0.05, 0.1) is 16.4 Å². The molecule has 1 amide bonds. The van der Waals surface area contributed by atoms with Crippen LogP contribution in [0.4, 0.5) is 15.8 Å². The van der Waals surface area contributed by atoms with Crippen molar-refractivity contribution in [3.63, 3.8) is 0 Å². The molecule has 0 saturated heterocycles. The molecular formula is C14H12ClFN2OS. The quantitative estimate of drug-likeness (QED) is 0.837. The molecule has 0 spiro atoms. The molecule has 3 nitrogen and oxygen atoms in total. The second-order valence-electron chi connectivity index (χ2n) is 4.08. The predicted octanol–water partition coefficient (Wildman–Crippen LogP) is 4.17. The van der Waals surface area contributed by atoms with Crippen LogP contribution in [-0.4, -0.2) is 5.91 Å². The molecule has 0 heterocycles. The predicted molar refractivity (Wildman–Crippen MR) is 80.7 cm³/mol.